The fourth-order valence-corrected chi connectivity index (χ4v) is 2.87. The Balaban J connectivity index is 1.79. The van der Waals surface area contributed by atoms with Crippen LogP contribution in [0.2, 0.25) is 0 Å². The Labute approximate surface area is 151 Å². The van der Waals surface area contributed by atoms with E-state index in [9.17, 15) is 22.8 Å². The number of aryl methyl sites for hydroxylation is 1. The van der Waals surface area contributed by atoms with Gasteiger partial charge in [-0.1, -0.05) is 12.1 Å². The van der Waals surface area contributed by atoms with E-state index in [1.165, 1.54) is 30.8 Å². The Morgan fingerprint density at radius 2 is 1.70 bits per heavy atom. The summed E-state index contributed by atoms with van der Waals surface area (Å²) in [6.07, 6.45) is -4.36. The summed E-state index contributed by atoms with van der Waals surface area (Å²) in [5, 5.41) is 0. The summed E-state index contributed by atoms with van der Waals surface area (Å²) in [4.78, 5) is 33.2. The maximum atomic E-state index is 12.6. The van der Waals surface area contributed by atoms with Crippen LogP contribution in [-0.2, 0) is 33.4 Å². The maximum Gasteiger partial charge on any atom is 0.416 e. The molecule has 0 fully saturated rings. The van der Waals surface area contributed by atoms with Gasteiger partial charge >= 0.3 is 11.9 Å². The van der Waals surface area contributed by atoms with Crippen LogP contribution in [-0.4, -0.2) is 31.0 Å². The van der Waals surface area contributed by atoms with E-state index in [-0.39, 0.29) is 11.2 Å². The number of rotatable bonds is 4. The molecule has 27 heavy (non-hydrogen) atoms. The van der Waals surface area contributed by atoms with Crippen LogP contribution in [0, 0.1) is 0 Å². The van der Waals surface area contributed by atoms with E-state index in [0.29, 0.717) is 24.5 Å². The summed E-state index contributed by atoms with van der Waals surface area (Å²) >= 11 is 0. The highest BCUT2D eigenvalue weighted by Gasteiger charge is 2.29. The van der Waals surface area contributed by atoms with Crippen molar-refractivity contribution in [2.45, 2.75) is 19.3 Å². The molecule has 0 radical (unpaired) electrons. The van der Waals surface area contributed by atoms with Gasteiger partial charge in [0, 0.05) is 20.6 Å². The smallest absolute Gasteiger partial charge is 0.335 e. The van der Waals surface area contributed by atoms with Crippen LogP contribution >= 0.6 is 0 Å². The summed E-state index contributed by atoms with van der Waals surface area (Å²) in [6.45, 7) is 0.721. The number of hydrogen-bond donors (Lipinski definition) is 1. The average Bonchev–Trinajstić information content (AvgIpc) is 3.01. The summed E-state index contributed by atoms with van der Waals surface area (Å²) in [5.41, 5.74) is -0.410. The highest BCUT2D eigenvalue weighted by atomic mass is 19.4. The molecule has 2 aromatic heterocycles. The third kappa shape index (κ3) is 3.65. The number of aromatic amines is 1. The predicted octanol–water partition coefficient (Wildman–Crippen LogP) is 1.61. The molecule has 3 rings (SSSR count). The van der Waals surface area contributed by atoms with Gasteiger partial charge in [-0.2, -0.15) is 13.2 Å². The van der Waals surface area contributed by atoms with Crippen LogP contribution in [0.25, 0.3) is 11.2 Å². The van der Waals surface area contributed by atoms with Crippen molar-refractivity contribution < 1.29 is 13.2 Å². The first-order valence-electron chi connectivity index (χ1n) is 8.07. The van der Waals surface area contributed by atoms with Gasteiger partial charge in [-0.05, 0) is 24.7 Å². The van der Waals surface area contributed by atoms with E-state index in [4.69, 9.17) is 0 Å². The normalized spacial score (nSPS) is 12.3. The van der Waals surface area contributed by atoms with Crippen molar-refractivity contribution in [3.8, 4) is 0 Å². The zero-order valence-corrected chi connectivity index (χ0v) is 15.0. The average molecular weight is 381 g/mol. The molecule has 0 bridgehead atoms. The van der Waals surface area contributed by atoms with Gasteiger partial charge in [0.2, 0.25) is 0 Å². The zero-order valence-electron chi connectivity index (χ0n) is 15.0. The molecule has 0 unspecified atom stereocenters. The molecule has 10 heteroatoms. The van der Waals surface area contributed by atoms with Crippen LogP contribution < -0.4 is 11.2 Å². The van der Waals surface area contributed by atoms with Crippen molar-refractivity contribution >= 4 is 11.2 Å². The monoisotopic (exact) mass is 381 g/mol. The fraction of sp³-hybridized carbons (Fsp3) is 0.353. The van der Waals surface area contributed by atoms with E-state index in [0.717, 1.165) is 16.7 Å². The van der Waals surface area contributed by atoms with Gasteiger partial charge in [0.25, 0.3) is 5.56 Å². The SMILES string of the molecule is CN(Cc1ccc(C(F)(F)F)cc1)Cc1nc2c([nH]1)c(=O)n(C)c(=O)n2C. The Morgan fingerprint density at radius 1 is 1.07 bits per heavy atom. The van der Waals surface area contributed by atoms with Crippen molar-refractivity contribution in [1.29, 1.82) is 0 Å². The quantitative estimate of drug-likeness (QED) is 0.745. The van der Waals surface area contributed by atoms with Crippen molar-refractivity contribution in [2.75, 3.05) is 7.05 Å². The second-order valence-corrected chi connectivity index (χ2v) is 6.45. The van der Waals surface area contributed by atoms with Crippen LogP contribution in [0.4, 0.5) is 13.2 Å². The first-order valence-corrected chi connectivity index (χ1v) is 8.07. The van der Waals surface area contributed by atoms with Crippen LogP contribution in [0.15, 0.2) is 33.9 Å². The Bertz CT molecular complexity index is 1090. The van der Waals surface area contributed by atoms with E-state index in [1.807, 2.05) is 4.90 Å². The number of alkyl halides is 3. The van der Waals surface area contributed by atoms with Crippen molar-refractivity contribution in [3.63, 3.8) is 0 Å². The summed E-state index contributed by atoms with van der Waals surface area (Å²) in [7, 11) is 4.70. The van der Waals surface area contributed by atoms with Crippen molar-refractivity contribution in [3.05, 3.63) is 62.1 Å². The van der Waals surface area contributed by atoms with Gasteiger partial charge in [0.05, 0.1) is 12.1 Å². The minimum Gasteiger partial charge on any atom is -0.335 e. The number of benzene rings is 1. The number of fused-ring (bicyclic) bond motifs is 1. The Hall–Kier alpha value is -2.88. The number of halogens is 3. The third-order valence-electron chi connectivity index (χ3n) is 4.30. The Morgan fingerprint density at radius 3 is 2.30 bits per heavy atom. The van der Waals surface area contributed by atoms with Crippen LogP contribution in [0.5, 0.6) is 0 Å². The Kier molecular flexibility index (Phi) is 4.68. The number of nitrogens with one attached hydrogen (secondary N) is 1. The fourth-order valence-electron chi connectivity index (χ4n) is 2.87. The molecule has 0 aliphatic heterocycles. The molecule has 0 amide bonds. The molecule has 0 aliphatic rings. The lowest BCUT2D eigenvalue weighted by atomic mass is 10.1. The van der Waals surface area contributed by atoms with Gasteiger partial charge in [-0.25, -0.2) is 9.78 Å². The molecule has 144 valence electrons. The van der Waals surface area contributed by atoms with Gasteiger partial charge in [-0.3, -0.25) is 18.8 Å². The lowest BCUT2D eigenvalue weighted by Gasteiger charge is -2.15. The highest BCUT2D eigenvalue weighted by molar-refractivity contribution is 5.69. The second kappa shape index (κ2) is 6.69. The molecule has 3 aromatic rings. The predicted molar refractivity (Wildman–Crippen MR) is 93.2 cm³/mol. The van der Waals surface area contributed by atoms with E-state index in [1.54, 1.807) is 7.05 Å². The molecule has 0 saturated carbocycles. The van der Waals surface area contributed by atoms with E-state index < -0.39 is 23.0 Å². The second-order valence-electron chi connectivity index (χ2n) is 6.45. The molecule has 2 heterocycles. The first kappa shape index (κ1) is 18.9. The van der Waals surface area contributed by atoms with Crippen LogP contribution in [0.1, 0.15) is 17.0 Å². The minimum absolute atomic E-state index is 0.234. The minimum atomic E-state index is -4.36. The number of imidazole rings is 1. The lowest BCUT2D eigenvalue weighted by molar-refractivity contribution is -0.137. The molecule has 0 saturated heterocycles. The van der Waals surface area contributed by atoms with E-state index in [2.05, 4.69) is 9.97 Å². The topological polar surface area (TPSA) is 75.9 Å². The summed E-state index contributed by atoms with van der Waals surface area (Å²) in [5.74, 6) is 0.484. The number of hydrogen-bond acceptors (Lipinski definition) is 4. The van der Waals surface area contributed by atoms with Crippen molar-refractivity contribution in [2.24, 2.45) is 14.1 Å². The number of nitrogens with zero attached hydrogens (tertiary/aromatic N) is 4. The molecule has 0 spiro atoms. The van der Waals surface area contributed by atoms with Gasteiger partial charge in [0.15, 0.2) is 5.65 Å². The lowest BCUT2D eigenvalue weighted by Crippen LogP contribution is -2.36. The van der Waals surface area contributed by atoms with Crippen molar-refractivity contribution in [1.82, 2.24) is 24.0 Å². The summed E-state index contributed by atoms with van der Waals surface area (Å²) in [6, 6.07) is 4.95. The van der Waals surface area contributed by atoms with E-state index >= 15 is 0 Å². The maximum absolute atomic E-state index is 12.6. The molecular formula is C17H18F3N5O2. The molecule has 0 atom stereocenters. The first-order chi connectivity index (χ1) is 12.6. The van der Waals surface area contributed by atoms with Gasteiger partial charge < -0.3 is 4.98 Å². The number of aromatic nitrogens is 4. The largest absolute Gasteiger partial charge is 0.416 e. The summed E-state index contributed by atoms with van der Waals surface area (Å²) < 4.78 is 40.1. The molecule has 1 aromatic carbocycles. The number of H-pyrrole nitrogens is 1. The van der Waals surface area contributed by atoms with Gasteiger partial charge in [0.1, 0.15) is 11.3 Å². The molecule has 1 N–H and O–H groups in total. The zero-order chi connectivity index (χ0) is 19.9. The molecule has 0 aliphatic carbocycles. The standard InChI is InChI=1S/C17H18F3N5O2/c1-23(8-10-4-6-11(7-5-10)17(18,19)20)9-12-21-13-14(22-12)24(2)16(27)25(3)15(13)26/h4-7H,8-9H2,1-3H3,(H,21,22). The molecular weight excluding hydrogens is 363 g/mol. The third-order valence-corrected chi connectivity index (χ3v) is 4.30. The van der Waals surface area contributed by atoms with Gasteiger partial charge in [-0.15, -0.1) is 0 Å². The molecule has 7 nitrogen and oxygen atoms in total. The highest BCUT2D eigenvalue weighted by Crippen LogP contribution is 2.29. The van der Waals surface area contributed by atoms with Crippen LogP contribution in [0.3, 0.4) is 0 Å².